The zero-order valence-corrected chi connectivity index (χ0v) is 11.6. The van der Waals surface area contributed by atoms with E-state index in [1.165, 1.54) is 24.2 Å². The van der Waals surface area contributed by atoms with Crippen molar-refractivity contribution in [3.05, 3.63) is 15.8 Å². The molecule has 2 N–H and O–H groups in total. The number of hydrogen-bond acceptors (Lipinski definition) is 3. The molecule has 3 atom stereocenters. The number of anilines is 1. The highest BCUT2D eigenvalue weighted by atomic mass is 32.1. The topological polar surface area (TPSA) is 66.4 Å². The normalized spacial score (nSPS) is 28.6. The molecule has 1 heterocycles. The second-order valence-corrected chi connectivity index (χ2v) is 6.58. The van der Waals surface area contributed by atoms with Crippen LogP contribution >= 0.6 is 11.3 Å². The van der Waals surface area contributed by atoms with Crippen molar-refractivity contribution in [3.63, 3.8) is 0 Å². The molecular formula is C14H17NO3S. The van der Waals surface area contributed by atoms with Crippen LogP contribution in [0.1, 0.15) is 40.9 Å². The Labute approximate surface area is 115 Å². The van der Waals surface area contributed by atoms with E-state index in [0.717, 1.165) is 18.4 Å². The third-order valence-corrected chi connectivity index (χ3v) is 5.58. The molecule has 19 heavy (non-hydrogen) atoms. The molecule has 0 saturated heterocycles. The number of fused-ring (bicyclic) bond motifs is 2. The Morgan fingerprint density at radius 1 is 1.37 bits per heavy atom. The molecule has 5 heteroatoms. The van der Waals surface area contributed by atoms with E-state index < -0.39 is 5.97 Å². The molecule has 1 amide bonds. The minimum atomic E-state index is -0.971. The molecule has 2 saturated carbocycles. The van der Waals surface area contributed by atoms with Crippen LogP contribution in [0.25, 0.3) is 0 Å². The lowest BCUT2D eigenvalue weighted by molar-refractivity contribution is -0.121. The first-order valence-electron chi connectivity index (χ1n) is 6.68. The highest BCUT2D eigenvalue weighted by molar-refractivity contribution is 7.12. The van der Waals surface area contributed by atoms with Crippen molar-refractivity contribution in [3.8, 4) is 0 Å². The lowest BCUT2D eigenvalue weighted by Crippen LogP contribution is -2.27. The van der Waals surface area contributed by atoms with Crippen LogP contribution in [0.5, 0.6) is 0 Å². The first-order valence-corrected chi connectivity index (χ1v) is 7.56. The van der Waals surface area contributed by atoms with Gasteiger partial charge in [-0.2, -0.15) is 0 Å². The van der Waals surface area contributed by atoms with Crippen molar-refractivity contribution in [2.45, 2.75) is 32.6 Å². The van der Waals surface area contributed by atoms with Crippen molar-refractivity contribution < 1.29 is 14.7 Å². The van der Waals surface area contributed by atoms with Gasteiger partial charge in [-0.1, -0.05) is 6.42 Å². The number of carboxylic acid groups (broad SMARTS) is 1. The van der Waals surface area contributed by atoms with Gasteiger partial charge in [-0.05, 0) is 49.0 Å². The summed E-state index contributed by atoms with van der Waals surface area (Å²) in [6.45, 7) is 1.83. The summed E-state index contributed by atoms with van der Waals surface area (Å²) in [4.78, 5) is 23.7. The van der Waals surface area contributed by atoms with Crippen LogP contribution < -0.4 is 5.32 Å². The van der Waals surface area contributed by atoms with Gasteiger partial charge in [-0.15, -0.1) is 11.3 Å². The molecular weight excluding hydrogens is 262 g/mol. The van der Waals surface area contributed by atoms with E-state index in [4.69, 9.17) is 5.11 Å². The van der Waals surface area contributed by atoms with Gasteiger partial charge in [0.1, 0.15) is 4.88 Å². The number of carbonyl (C=O) groups excluding carboxylic acids is 1. The third-order valence-electron chi connectivity index (χ3n) is 4.49. The summed E-state index contributed by atoms with van der Waals surface area (Å²) >= 11 is 1.17. The van der Waals surface area contributed by atoms with E-state index in [-0.39, 0.29) is 16.7 Å². The molecule has 1 aromatic rings. The fourth-order valence-corrected chi connectivity index (χ4v) is 4.38. The fourth-order valence-electron chi connectivity index (χ4n) is 3.54. The molecule has 0 spiro atoms. The molecule has 2 aliphatic carbocycles. The Balaban J connectivity index is 1.76. The average Bonchev–Trinajstić information content (AvgIpc) is 3.05. The predicted octanol–water partition coefficient (Wildman–Crippen LogP) is 3.13. The Bertz CT molecular complexity index is 537. The lowest BCUT2D eigenvalue weighted by Gasteiger charge is -2.21. The molecule has 3 rings (SSSR count). The third kappa shape index (κ3) is 2.16. The zero-order chi connectivity index (χ0) is 13.6. The summed E-state index contributed by atoms with van der Waals surface area (Å²) in [7, 11) is 0. The summed E-state index contributed by atoms with van der Waals surface area (Å²) in [5.74, 6) is 0.345. The van der Waals surface area contributed by atoms with Gasteiger partial charge in [0, 0.05) is 5.92 Å². The van der Waals surface area contributed by atoms with Gasteiger partial charge >= 0.3 is 5.97 Å². The standard InChI is InChI=1S/C14H17NO3S/c1-7-6-19-12(14(17)18)11(7)15-13(16)10-5-8-2-3-9(10)4-8/h6,8-10H,2-5H2,1H3,(H,15,16)(H,17,18). The second kappa shape index (κ2) is 4.63. The number of thiophene rings is 1. The summed E-state index contributed by atoms with van der Waals surface area (Å²) in [5, 5.41) is 13.8. The highest BCUT2D eigenvalue weighted by Crippen LogP contribution is 2.48. The van der Waals surface area contributed by atoms with E-state index in [9.17, 15) is 9.59 Å². The second-order valence-electron chi connectivity index (χ2n) is 5.70. The number of amides is 1. The number of rotatable bonds is 3. The van der Waals surface area contributed by atoms with Gasteiger partial charge in [-0.25, -0.2) is 4.79 Å². The molecule has 2 fully saturated rings. The summed E-state index contributed by atoms with van der Waals surface area (Å²) in [6, 6.07) is 0. The molecule has 4 nitrogen and oxygen atoms in total. The summed E-state index contributed by atoms with van der Waals surface area (Å²) in [6.07, 6.45) is 4.55. The molecule has 3 unspecified atom stereocenters. The molecule has 1 aromatic heterocycles. The van der Waals surface area contributed by atoms with Gasteiger partial charge in [0.2, 0.25) is 5.91 Å². The van der Waals surface area contributed by atoms with Crippen molar-refractivity contribution in [2.75, 3.05) is 5.32 Å². The van der Waals surface area contributed by atoms with Crippen LogP contribution in [-0.2, 0) is 4.79 Å². The molecule has 0 radical (unpaired) electrons. The van der Waals surface area contributed by atoms with Crippen molar-refractivity contribution >= 4 is 28.9 Å². The SMILES string of the molecule is Cc1csc(C(=O)O)c1NC(=O)C1CC2CCC1C2. The quantitative estimate of drug-likeness (QED) is 0.893. The van der Waals surface area contributed by atoms with E-state index in [1.54, 1.807) is 5.38 Å². The van der Waals surface area contributed by atoms with Crippen LogP contribution in [0.15, 0.2) is 5.38 Å². The number of carbonyl (C=O) groups is 2. The van der Waals surface area contributed by atoms with Crippen LogP contribution in [0.4, 0.5) is 5.69 Å². The van der Waals surface area contributed by atoms with E-state index in [2.05, 4.69) is 5.32 Å². The minimum Gasteiger partial charge on any atom is -0.477 e. The zero-order valence-electron chi connectivity index (χ0n) is 10.8. The fraction of sp³-hybridized carbons (Fsp3) is 0.571. The predicted molar refractivity (Wildman–Crippen MR) is 73.6 cm³/mol. The summed E-state index contributed by atoms with van der Waals surface area (Å²) < 4.78 is 0. The smallest absolute Gasteiger partial charge is 0.348 e. The number of hydrogen-bond donors (Lipinski definition) is 2. The Kier molecular flexibility index (Phi) is 3.09. The van der Waals surface area contributed by atoms with Crippen LogP contribution in [0.2, 0.25) is 0 Å². The Morgan fingerprint density at radius 3 is 2.74 bits per heavy atom. The molecule has 102 valence electrons. The molecule has 2 bridgehead atoms. The number of carboxylic acids is 1. The number of aryl methyl sites for hydroxylation is 1. The number of aromatic carboxylic acids is 1. The maximum atomic E-state index is 12.3. The van der Waals surface area contributed by atoms with E-state index in [0.29, 0.717) is 17.5 Å². The first-order chi connectivity index (χ1) is 9.06. The Hall–Kier alpha value is -1.36. The van der Waals surface area contributed by atoms with Crippen molar-refractivity contribution in [2.24, 2.45) is 17.8 Å². The van der Waals surface area contributed by atoms with Crippen LogP contribution in [0, 0.1) is 24.7 Å². The molecule has 2 aliphatic rings. The monoisotopic (exact) mass is 279 g/mol. The lowest BCUT2D eigenvalue weighted by atomic mass is 9.88. The summed E-state index contributed by atoms with van der Waals surface area (Å²) in [5.41, 5.74) is 1.32. The minimum absolute atomic E-state index is 0.0104. The maximum Gasteiger partial charge on any atom is 0.348 e. The van der Waals surface area contributed by atoms with Crippen molar-refractivity contribution in [1.82, 2.24) is 0 Å². The average molecular weight is 279 g/mol. The van der Waals surface area contributed by atoms with Crippen molar-refractivity contribution in [1.29, 1.82) is 0 Å². The van der Waals surface area contributed by atoms with E-state index in [1.807, 2.05) is 6.92 Å². The largest absolute Gasteiger partial charge is 0.477 e. The van der Waals surface area contributed by atoms with Gasteiger partial charge in [0.15, 0.2) is 0 Å². The maximum absolute atomic E-state index is 12.3. The van der Waals surface area contributed by atoms with Crippen LogP contribution in [-0.4, -0.2) is 17.0 Å². The van der Waals surface area contributed by atoms with Gasteiger partial charge in [0.25, 0.3) is 0 Å². The van der Waals surface area contributed by atoms with Gasteiger partial charge in [0.05, 0.1) is 5.69 Å². The Morgan fingerprint density at radius 2 is 2.16 bits per heavy atom. The van der Waals surface area contributed by atoms with Gasteiger partial charge < -0.3 is 10.4 Å². The number of nitrogens with one attached hydrogen (secondary N) is 1. The first kappa shape index (κ1) is 12.7. The van der Waals surface area contributed by atoms with E-state index >= 15 is 0 Å². The molecule has 0 aliphatic heterocycles. The highest BCUT2D eigenvalue weighted by Gasteiger charge is 2.43. The molecule has 0 aromatic carbocycles. The van der Waals surface area contributed by atoms with Gasteiger partial charge in [-0.3, -0.25) is 4.79 Å². The van der Waals surface area contributed by atoms with Crippen LogP contribution in [0.3, 0.4) is 0 Å².